The molecule has 0 heterocycles. The second kappa shape index (κ2) is 13.1. The third kappa shape index (κ3) is 6.47. The van der Waals surface area contributed by atoms with Crippen molar-refractivity contribution >= 4 is 68.4 Å². The van der Waals surface area contributed by atoms with Gasteiger partial charge in [0.1, 0.15) is 11.5 Å². The van der Waals surface area contributed by atoms with Crippen LogP contribution in [0.25, 0.3) is 0 Å². The Morgan fingerprint density at radius 3 is 1.29 bits per heavy atom. The maximum absolute atomic E-state index is 13.8. The molecule has 8 heteroatoms. The summed E-state index contributed by atoms with van der Waals surface area (Å²) in [4.78, 5) is 30.9. The van der Waals surface area contributed by atoms with E-state index in [9.17, 15) is 9.59 Å². The van der Waals surface area contributed by atoms with E-state index in [1.165, 1.54) is 0 Å². The van der Waals surface area contributed by atoms with Crippen molar-refractivity contribution in [2.24, 2.45) is 0 Å². The molecule has 4 aromatic carbocycles. The van der Waals surface area contributed by atoms with Crippen molar-refractivity contribution in [2.75, 3.05) is 37.1 Å². The Morgan fingerprint density at radius 1 is 0.605 bits per heavy atom. The monoisotopic (exact) mass is 732 g/mol. The van der Waals surface area contributed by atoms with Crippen LogP contribution in [0.1, 0.15) is 20.7 Å². The van der Waals surface area contributed by atoms with Crippen molar-refractivity contribution in [3.8, 4) is 11.5 Å². The molecule has 38 heavy (non-hydrogen) atoms. The number of benzene rings is 4. The van der Waals surface area contributed by atoms with Gasteiger partial charge in [-0.15, -0.1) is 0 Å². The highest BCUT2D eigenvalue weighted by atomic mass is 127. The first-order chi connectivity index (χ1) is 18.4. The van der Waals surface area contributed by atoms with E-state index < -0.39 is 0 Å². The quantitative estimate of drug-likeness (QED) is 0.176. The van der Waals surface area contributed by atoms with E-state index in [0.717, 1.165) is 18.5 Å². The first-order valence-corrected chi connectivity index (χ1v) is 14.0. The lowest BCUT2D eigenvalue weighted by Crippen LogP contribution is -2.41. The molecule has 0 radical (unpaired) electrons. The number of hydrogen-bond donors (Lipinski definition) is 0. The lowest BCUT2D eigenvalue weighted by Gasteiger charge is -2.28. The fourth-order valence-electron chi connectivity index (χ4n) is 4.02. The molecule has 0 spiro atoms. The van der Waals surface area contributed by atoms with Crippen LogP contribution in [-0.2, 0) is 0 Å². The topological polar surface area (TPSA) is 59.1 Å². The molecule has 194 valence electrons. The van der Waals surface area contributed by atoms with Gasteiger partial charge >= 0.3 is 0 Å². The Morgan fingerprint density at radius 2 is 0.974 bits per heavy atom. The summed E-state index contributed by atoms with van der Waals surface area (Å²) in [6.07, 6.45) is 0. The fraction of sp³-hybridized carbons (Fsp3) is 0.133. The van der Waals surface area contributed by atoms with Crippen molar-refractivity contribution in [2.45, 2.75) is 0 Å². The van der Waals surface area contributed by atoms with Crippen molar-refractivity contribution in [3.63, 3.8) is 0 Å². The number of rotatable bonds is 9. The van der Waals surface area contributed by atoms with Crippen molar-refractivity contribution in [1.82, 2.24) is 0 Å². The smallest absolute Gasteiger partial charge is 0.258 e. The van der Waals surface area contributed by atoms with Crippen LogP contribution in [0.3, 0.4) is 0 Å². The van der Waals surface area contributed by atoms with Crippen molar-refractivity contribution in [1.29, 1.82) is 0 Å². The molecule has 0 atom stereocenters. The van der Waals surface area contributed by atoms with E-state index in [2.05, 4.69) is 45.2 Å². The summed E-state index contributed by atoms with van der Waals surface area (Å²) < 4.78 is 12.4. The van der Waals surface area contributed by atoms with E-state index >= 15 is 0 Å². The number of halogens is 2. The number of anilines is 2. The first-order valence-electron chi connectivity index (χ1n) is 11.8. The Bertz CT molecular complexity index is 1310. The Kier molecular flexibility index (Phi) is 9.62. The number of para-hydroxylation sites is 2. The zero-order chi connectivity index (χ0) is 27.1. The zero-order valence-corrected chi connectivity index (χ0v) is 25.3. The van der Waals surface area contributed by atoms with Crippen molar-refractivity contribution < 1.29 is 19.1 Å². The van der Waals surface area contributed by atoms with Gasteiger partial charge in [-0.2, -0.15) is 0 Å². The van der Waals surface area contributed by atoms with E-state index in [4.69, 9.17) is 9.47 Å². The van der Waals surface area contributed by atoms with Gasteiger partial charge in [-0.1, -0.05) is 36.4 Å². The predicted octanol–water partition coefficient (Wildman–Crippen LogP) is 6.91. The second-order valence-corrected chi connectivity index (χ2v) is 10.6. The molecule has 0 unspecified atom stereocenters. The molecule has 0 N–H and O–H groups in total. The van der Waals surface area contributed by atoms with Crippen LogP contribution < -0.4 is 19.3 Å². The van der Waals surface area contributed by atoms with Gasteiger partial charge in [0, 0.05) is 35.6 Å². The summed E-state index contributed by atoms with van der Waals surface area (Å²) in [7, 11) is 3.21. The van der Waals surface area contributed by atoms with E-state index in [-0.39, 0.29) is 11.8 Å². The van der Waals surface area contributed by atoms with Gasteiger partial charge in [-0.3, -0.25) is 9.59 Å². The summed E-state index contributed by atoms with van der Waals surface area (Å²) in [5.41, 5.74) is 2.59. The molecular weight excluding hydrogens is 706 g/mol. The highest BCUT2D eigenvalue weighted by Crippen LogP contribution is 2.26. The normalized spacial score (nSPS) is 10.5. The number of methoxy groups -OCH3 is 2. The maximum atomic E-state index is 13.8. The van der Waals surface area contributed by atoms with Crippen LogP contribution in [0.2, 0.25) is 0 Å². The third-order valence-corrected chi connectivity index (χ3v) is 7.66. The molecule has 0 fully saturated rings. The molecule has 2 amide bonds. The molecule has 0 aliphatic carbocycles. The second-order valence-electron chi connectivity index (χ2n) is 8.28. The zero-order valence-electron chi connectivity index (χ0n) is 20.9. The molecule has 0 saturated heterocycles. The minimum absolute atomic E-state index is 0.156. The highest BCUT2D eigenvalue weighted by molar-refractivity contribution is 14.1. The minimum Gasteiger partial charge on any atom is -0.496 e. The molecule has 0 aliphatic rings. The number of amides is 2. The number of carbonyl (C=O) groups excluding carboxylic acids is 2. The van der Waals surface area contributed by atoms with Gasteiger partial charge < -0.3 is 19.3 Å². The average molecular weight is 732 g/mol. The fourth-order valence-corrected chi connectivity index (χ4v) is 5.49. The van der Waals surface area contributed by atoms with E-state index in [0.29, 0.717) is 35.7 Å². The molecule has 4 aromatic rings. The summed E-state index contributed by atoms with van der Waals surface area (Å²) in [5.74, 6) is 1.11. The Labute approximate surface area is 249 Å². The van der Waals surface area contributed by atoms with E-state index in [1.807, 2.05) is 72.8 Å². The lowest BCUT2D eigenvalue weighted by atomic mass is 10.1. The summed E-state index contributed by atoms with van der Waals surface area (Å²) in [6.45, 7) is 0.582. The molecular formula is C30H26I2N2O4. The van der Waals surface area contributed by atoms with Crippen LogP contribution in [0.4, 0.5) is 11.4 Å². The molecule has 0 aliphatic heterocycles. The number of ether oxygens (including phenoxy) is 2. The first kappa shape index (κ1) is 27.9. The van der Waals surface area contributed by atoms with Crippen LogP contribution in [-0.4, -0.2) is 39.1 Å². The lowest BCUT2D eigenvalue weighted by molar-refractivity contribution is 0.0968. The summed E-state index contributed by atoms with van der Waals surface area (Å²) in [5, 5.41) is 0. The number of nitrogens with zero attached hydrogens (tertiary/aromatic N) is 2. The van der Waals surface area contributed by atoms with E-state index in [1.54, 1.807) is 48.3 Å². The molecule has 6 nitrogen and oxygen atoms in total. The largest absolute Gasteiger partial charge is 0.496 e. The van der Waals surface area contributed by atoms with Gasteiger partial charge in [0.15, 0.2) is 0 Å². The SMILES string of the molecule is COc1ccc(C(=O)N(CCN(C(=O)c2ccc(OC)c(I)c2)c2ccccc2)c2ccccc2)cc1I. The molecule has 0 aromatic heterocycles. The predicted molar refractivity (Wildman–Crippen MR) is 168 cm³/mol. The van der Waals surface area contributed by atoms with Crippen LogP contribution >= 0.6 is 45.2 Å². The summed E-state index contributed by atoms with van der Waals surface area (Å²) >= 11 is 4.32. The highest BCUT2D eigenvalue weighted by Gasteiger charge is 2.23. The number of carbonyl (C=O) groups is 2. The van der Waals surface area contributed by atoms with Crippen LogP contribution in [0, 0.1) is 7.14 Å². The van der Waals surface area contributed by atoms with Crippen LogP contribution in [0.5, 0.6) is 11.5 Å². The average Bonchev–Trinajstić information content (AvgIpc) is 2.95. The minimum atomic E-state index is -0.156. The van der Waals surface area contributed by atoms with Crippen molar-refractivity contribution in [3.05, 3.63) is 115 Å². The van der Waals surface area contributed by atoms with Gasteiger partial charge in [0.25, 0.3) is 11.8 Å². The van der Waals surface area contributed by atoms with Gasteiger partial charge in [-0.05, 0) is 106 Å². The Balaban J connectivity index is 1.67. The number of hydrogen-bond acceptors (Lipinski definition) is 4. The third-order valence-electron chi connectivity index (χ3n) is 5.97. The van der Waals surface area contributed by atoms with Crippen LogP contribution in [0.15, 0.2) is 97.1 Å². The molecule has 4 rings (SSSR count). The van der Waals surface area contributed by atoms with Gasteiger partial charge in [-0.25, -0.2) is 0 Å². The van der Waals surface area contributed by atoms with Gasteiger partial charge in [0.05, 0.1) is 21.4 Å². The summed E-state index contributed by atoms with van der Waals surface area (Å²) in [6, 6.07) is 29.7. The Hall–Kier alpha value is -3.12. The molecule has 0 bridgehead atoms. The molecule has 0 saturated carbocycles. The van der Waals surface area contributed by atoms with Gasteiger partial charge in [0.2, 0.25) is 0 Å². The standard InChI is InChI=1S/C30H26I2N2O4/c1-37-27-15-13-21(19-25(27)31)29(35)33(23-9-5-3-6-10-23)17-18-34(24-11-7-4-8-12-24)30(36)22-14-16-28(38-2)26(32)20-22/h3-16,19-20H,17-18H2,1-2H3. The maximum Gasteiger partial charge on any atom is 0.258 e.